The molecule has 1 aromatic carbocycles. The second kappa shape index (κ2) is 12.2. The van der Waals surface area contributed by atoms with Gasteiger partial charge in [-0.3, -0.25) is 4.90 Å². The van der Waals surface area contributed by atoms with Crippen LogP contribution < -0.4 is 4.74 Å². The zero-order valence-electron chi connectivity index (χ0n) is 24.4. The second-order valence-electron chi connectivity index (χ2n) is 11.2. The molecule has 0 unspecified atom stereocenters. The van der Waals surface area contributed by atoms with Crippen LogP contribution in [0.4, 0.5) is 30.7 Å². The quantitative estimate of drug-likeness (QED) is 0.178. The number of nitrogens with zero attached hydrogens (tertiary/aromatic N) is 8. The molecule has 2 aliphatic rings. The third-order valence-corrected chi connectivity index (χ3v) is 8.16. The second-order valence-corrected chi connectivity index (χ2v) is 11.6. The summed E-state index contributed by atoms with van der Waals surface area (Å²) in [6.07, 6.45) is -8.69. The first-order chi connectivity index (χ1) is 22.8. The van der Waals surface area contributed by atoms with Crippen molar-refractivity contribution in [1.82, 2.24) is 39.8 Å². The Labute approximate surface area is 270 Å². The Hall–Kier alpha value is -4.42. The number of imidazole rings is 1. The number of hydrogen-bond acceptors (Lipinski definition) is 10. The molecule has 0 spiro atoms. The average molecular weight is 699 g/mol. The van der Waals surface area contributed by atoms with Gasteiger partial charge in [-0.1, -0.05) is 22.8 Å². The predicted molar refractivity (Wildman–Crippen MR) is 151 cm³/mol. The third-order valence-electron chi connectivity index (χ3n) is 7.93. The van der Waals surface area contributed by atoms with Crippen LogP contribution in [-0.2, 0) is 49.8 Å². The molecule has 0 aliphatic carbocycles. The van der Waals surface area contributed by atoms with Crippen LogP contribution in [0, 0.1) is 5.82 Å². The fourth-order valence-corrected chi connectivity index (χ4v) is 5.56. The summed E-state index contributed by atoms with van der Waals surface area (Å²) in [7, 11) is 0. The highest BCUT2D eigenvalue weighted by Crippen LogP contribution is 2.38. The Morgan fingerprint density at radius 1 is 1.00 bits per heavy atom. The highest BCUT2D eigenvalue weighted by molar-refractivity contribution is 6.30. The Balaban J connectivity index is 1.16. The van der Waals surface area contributed by atoms with Crippen LogP contribution >= 0.6 is 11.6 Å². The van der Waals surface area contributed by atoms with E-state index >= 15 is 0 Å². The van der Waals surface area contributed by atoms with Crippen LogP contribution in [0.15, 0.2) is 34.9 Å². The molecule has 2 aliphatic heterocycles. The molecule has 48 heavy (non-hydrogen) atoms. The smallest absolute Gasteiger partial charge is 0.471 e. The number of ether oxygens (including phenoxy) is 2. The highest BCUT2D eigenvalue weighted by atomic mass is 35.5. The van der Waals surface area contributed by atoms with Crippen molar-refractivity contribution >= 4 is 22.8 Å². The molecule has 0 N–H and O–H groups in total. The van der Waals surface area contributed by atoms with E-state index in [4.69, 9.17) is 21.1 Å². The van der Waals surface area contributed by atoms with E-state index in [1.54, 1.807) is 4.57 Å². The van der Waals surface area contributed by atoms with Crippen LogP contribution in [0.2, 0.25) is 5.02 Å². The lowest BCUT2D eigenvalue weighted by atomic mass is 10.0. The van der Waals surface area contributed by atoms with Gasteiger partial charge in [-0.05, 0) is 42.7 Å². The van der Waals surface area contributed by atoms with E-state index in [-0.39, 0.29) is 41.9 Å². The van der Waals surface area contributed by atoms with Gasteiger partial charge in [0.1, 0.15) is 35.0 Å². The summed E-state index contributed by atoms with van der Waals surface area (Å²) in [5, 5.41) is 11.7. The summed E-state index contributed by atoms with van der Waals surface area (Å²) in [6, 6.07) is 6.16. The molecule has 1 fully saturated rings. The summed E-state index contributed by atoms with van der Waals surface area (Å²) < 4.78 is 112. The van der Waals surface area contributed by atoms with Crippen LogP contribution in [0.3, 0.4) is 0 Å². The first-order valence-electron chi connectivity index (χ1n) is 14.5. The average Bonchev–Trinajstić information content (AvgIpc) is 3.63. The zero-order chi connectivity index (χ0) is 33.8. The van der Waals surface area contributed by atoms with E-state index in [1.165, 1.54) is 18.2 Å². The van der Waals surface area contributed by atoms with Gasteiger partial charge >= 0.3 is 18.2 Å². The van der Waals surface area contributed by atoms with Crippen molar-refractivity contribution in [3.8, 4) is 17.4 Å². The maximum absolute atomic E-state index is 14.3. The number of rotatable bonds is 8. The summed E-state index contributed by atoms with van der Waals surface area (Å²) in [5.74, 6) is -2.83. The lowest BCUT2D eigenvalue weighted by Gasteiger charge is -2.30. The van der Waals surface area contributed by atoms with Gasteiger partial charge in [-0.25, -0.2) is 14.4 Å². The Morgan fingerprint density at radius 2 is 1.81 bits per heavy atom. The molecule has 0 radical (unpaired) electrons. The van der Waals surface area contributed by atoms with Crippen molar-refractivity contribution in [1.29, 1.82) is 0 Å². The standard InChI is InChI=1S/C29H22ClF7N8O3/c30-16-2-1-15(19(31)8-16)13-47-26-18(28(32,33)34)7-14-3-5-44(11-22(14)39-26)12-23-38-21-9-20(24-40-27(48-43-24)29(35,36)37)41-42-25(21)45(23)10-17-4-6-46-17/h1-2,7-9,17H,3-6,10-13H2/t17-/m0/s1. The topological polar surface area (TPSA) is 117 Å². The lowest BCUT2D eigenvalue weighted by Crippen LogP contribution is -2.34. The molecule has 0 bridgehead atoms. The minimum absolute atomic E-state index is 0.00870. The number of halogens is 8. The maximum Gasteiger partial charge on any atom is 0.471 e. The fourth-order valence-electron chi connectivity index (χ4n) is 5.40. The van der Waals surface area contributed by atoms with Crippen LogP contribution in [0.1, 0.15) is 40.5 Å². The summed E-state index contributed by atoms with van der Waals surface area (Å²) >= 11 is 5.78. The van der Waals surface area contributed by atoms with E-state index in [0.717, 1.165) is 18.6 Å². The molecule has 4 aromatic heterocycles. The molecule has 1 saturated heterocycles. The van der Waals surface area contributed by atoms with Gasteiger partial charge in [-0.15, -0.1) is 10.2 Å². The van der Waals surface area contributed by atoms with E-state index in [9.17, 15) is 30.7 Å². The van der Waals surface area contributed by atoms with Gasteiger partial charge in [0.05, 0.1) is 24.9 Å². The van der Waals surface area contributed by atoms with Gasteiger partial charge in [0, 0.05) is 30.3 Å². The first kappa shape index (κ1) is 32.1. The molecule has 0 amide bonds. The van der Waals surface area contributed by atoms with Crippen LogP contribution in [0.25, 0.3) is 22.7 Å². The lowest BCUT2D eigenvalue weighted by molar-refractivity contribution is -0.159. The molecule has 11 nitrogen and oxygen atoms in total. The Morgan fingerprint density at radius 3 is 2.50 bits per heavy atom. The number of pyridine rings is 1. The highest BCUT2D eigenvalue weighted by Gasteiger charge is 2.39. The van der Waals surface area contributed by atoms with Crippen molar-refractivity contribution in [3.63, 3.8) is 0 Å². The summed E-state index contributed by atoms with van der Waals surface area (Å²) in [4.78, 5) is 14.2. The molecular weight excluding hydrogens is 677 g/mol. The summed E-state index contributed by atoms with van der Waals surface area (Å²) in [5.41, 5.74) is 0.265. The van der Waals surface area contributed by atoms with Gasteiger partial charge in [0.2, 0.25) is 11.7 Å². The third kappa shape index (κ3) is 6.51. The minimum Gasteiger partial charge on any atom is -0.472 e. The molecule has 5 aromatic rings. The number of benzene rings is 1. The minimum atomic E-state index is -4.84. The molecule has 6 heterocycles. The molecule has 7 rings (SSSR count). The van der Waals surface area contributed by atoms with Gasteiger partial charge in [0.15, 0.2) is 5.65 Å². The van der Waals surface area contributed by atoms with Crippen molar-refractivity contribution in [2.75, 3.05) is 13.2 Å². The number of fused-ring (bicyclic) bond motifs is 2. The maximum atomic E-state index is 14.3. The summed E-state index contributed by atoms with van der Waals surface area (Å²) in [6.45, 7) is 1.18. The molecule has 0 saturated carbocycles. The van der Waals surface area contributed by atoms with Crippen molar-refractivity contribution < 1.29 is 44.7 Å². The van der Waals surface area contributed by atoms with E-state index < -0.39 is 47.9 Å². The van der Waals surface area contributed by atoms with Gasteiger partial charge < -0.3 is 18.6 Å². The van der Waals surface area contributed by atoms with E-state index in [1.807, 2.05) is 4.90 Å². The molecule has 1 atom stereocenters. The molecule has 19 heteroatoms. The van der Waals surface area contributed by atoms with E-state index in [2.05, 4.69) is 34.8 Å². The number of alkyl halides is 6. The number of aromatic nitrogens is 7. The Bertz CT molecular complexity index is 1990. The van der Waals surface area contributed by atoms with E-state index in [0.29, 0.717) is 47.9 Å². The predicted octanol–water partition coefficient (Wildman–Crippen LogP) is 6.03. The SMILES string of the molecule is Fc1cc(Cl)ccc1COc1nc2c(cc1C(F)(F)F)CCN(Cc1nc3cc(-c4noc(C(F)(F)F)n4)nnc3n1C[C@@H]1CCO1)C2. The van der Waals surface area contributed by atoms with Crippen molar-refractivity contribution in [2.24, 2.45) is 0 Å². The van der Waals surface area contributed by atoms with Crippen LogP contribution in [0.5, 0.6) is 5.88 Å². The molecular formula is C29H22ClF7N8O3. The fraction of sp³-hybridized carbons (Fsp3) is 0.379. The van der Waals surface area contributed by atoms with Crippen molar-refractivity contribution in [3.05, 3.63) is 75.3 Å². The van der Waals surface area contributed by atoms with Crippen LogP contribution in [-0.4, -0.2) is 59.0 Å². The normalized spacial score (nSPS) is 17.0. The van der Waals surface area contributed by atoms with Crippen molar-refractivity contribution in [2.45, 2.75) is 57.5 Å². The largest absolute Gasteiger partial charge is 0.472 e. The first-order valence-corrected chi connectivity index (χ1v) is 14.8. The molecule has 252 valence electrons. The van der Waals surface area contributed by atoms with Gasteiger partial charge in [0.25, 0.3) is 0 Å². The number of hydrogen-bond donors (Lipinski definition) is 0. The Kier molecular flexibility index (Phi) is 8.19. The van der Waals surface area contributed by atoms with Gasteiger partial charge in [-0.2, -0.15) is 31.3 Å². The zero-order valence-corrected chi connectivity index (χ0v) is 25.2. The monoisotopic (exact) mass is 698 g/mol.